The molecule has 1 heterocycles. The van der Waals surface area contributed by atoms with Gasteiger partial charge in [-0.25, -0.2) is 0 Å². The van der Waals surface area contributed by atoms with Crippen LogP contribution in [-0.4, -0.2) is 11.4 Å². The minimum atomic E-state index is -0.457. The van der Waals surface area contributed by atoms with Gasteiger partial charge in [0.05, 0.1) is 6.04 Å². The Morgan fingerprint density at radius 1 is 1.53 bits per heavy atom. The first kappa shape index (κ1) is 14.2. The van der Waals surface area contributed by atoms with Gasteiger partial charge in [-0.3, -0.25) is 4.79 Å². The Balaban J connectivity index is 2.66. The average molecular weight is 254 g/mol. The summed E-state index contributed by atoms with van der Waals surface area (Å²) >= 11 is 1.67. The summed E-state index contributed by atoms with van der Waals surface area (Å²) in [5.41, 5.74) is 5.39. The zero-order chi connectivity index (χ0) is 13.1. The Morgan fingerprint density at radius 3 is 2.59 bits per heavy atom. The van der Waals surface area contributed by atoms with E-state index >= 15 is 0 Å². The first-order chi connectivity index (χ1) is 7.79. The Morgan fingerprint density at radius 2 is 2.18 bits per heavy atom. The predicted octanol–water partition coefficient (Wildman–Crippen LogP) is 2.69. The van der Waals surface area contributed by atoms with E-state index in [1.807, 2.05) is 25.3 Å². The Labute approximate surface area is 107 Å². The Bertz CT molecular complexity index is 352. The smallest absolute Gasteiger partial charge is 0.222 e. The molecule has 4 heteroatoms. The van der Waals surface area contributed by atoms with Gasteiger partial charge >= 0.3 is 0 Å². The molecule has 1 rings (SSSR count). The minimum absolute atomic E-state index is 0.0181. The van der Waals surface area contributed by atoms with Crippen molar-refractivity contribution in [3.05, 3.63) is 22.4 Å². The number of rotatable bonds is 5. The highest BCUT2D eigenvalue weighted by Gasteiger charge is 2.22. The van der Waals surface area contributed by atoms with Crippen LogP contribution in [0.1, 0.15) is 45.0 Å². The zero-order valence-corrected chi connectivity index (χ0v) is 11.8. The first-order valence-corrected chi connectivity index (χ1v) is 6.79. The molecule has 3 N–H and O–H groups in total. The van der Waals surface area contributed by atoms with Gasteiger partial charge in [-0.15, -0.1) is 11.3 Å². The maximum atomic E-state index is 11.9. The number of carbonyl (C=O) groups excluding carboxylic acids is 1. The van der Waals surface area contributed by atoms with Crippen LogP contribution in [0.2, 0.25) is 0 Å². The second kappa shape index (κ2) is 5.65. The van der Waals surface area contributed by atoms with Gasteiger partial charge in [-0.1, -0.05) is 19.9 Å². The van der Waals surface area contributed by atoms with Gasteiger partial charge in [0.1, 0.15) is 0 Å². The van der Waals surface area contributed by atoms with Gasteiger partial charge in [0.25, 0.3) is 0 Å². The molecule has 17 heavy (non-hydrogen) atoms. The standard InChI is InChI=1S/C13H22N2OS/c1-9(2)12(10-6-5-7-17-10)15-11(16)8-13(3,4)14/h5-7,9,12H,8,14H2,1-4H3,(H,15,16). The summed E-state index contributed by atoms with van der Waals surface area (Å²) in [5.74, 6) is 0.392. The molecule has 0 spiro atoms. The molecule has 1 aromatic rings. The summed E-state index contributed by atoms with van der Waals surface area (Å²) in [6.45, 7) is 7.95. The van der Waals surface area contributed by atoms with Gasteiger partial charge in [0, 0.05) is 16.8 Å². The molecule has 96 valence electrons. The summed E-state index contributed by atoms with van der Waals surface area (Å²) in [6, 6.07) is 4.15. The summed E-state index contributed by atoms with van der Waals surface area (Å²) in [7, 11) is 0. The fourth-order valence-corrected chi connectivity index (χ4v) is 2.62. The van der Waals surface area contributed by atoms with E-state index in [0.29, 0.717) is 12.3 Å². The number of carbonyl (C=O) groups is 1. The average Bonchev–Trinajstić information content (AvgIpc) is 2.63. The van der Waals surface area contributed by atoms with Gasteiger partial charge in [0.2, 0.25) is 5.91 Å². The molecule has 1 atom stereocenters. The number of hydrogen-bond donors (Lipinski definition) is 2. The highest BCUT2D eigenvalue weighted by Crippen LogP contribution is 2.26. The fraction of sp³-hybridized carbons (Fsp3) is 0.615. The molecule has 0 bridgehead atoms. The molecular weight excluding hydrogens is 232 g/mol. The molecule has 0 radical (unpaired) electrons. The largest absolute Gasteiger partial charge is 0.348 e. The molecule has 1 aromatic heterocycles. The summed E-state index contributed by atoms with van der Waals surface area (Å²) in [5, 5.41) is 5.10. The van der Waals surface area contributed by atoms with Gasteiger partial charge in [-0.05, 0) is 31.2 Å². The molecule has 0 aliphatic heterocycles. The van der Waals surface area contributed by atoms with Crippen LogP contribution in [0, 0.1) is 5.92 Å². The Kier molecular flexibility index (Phi) is 4.71. The monoisotopic (exact) mass is 254 g/mol. The van der Waals surface area contributed by atoms with Crippen molar-refractivity contribution in [1.82, 2.24) is 5.32 Å². The molecule has 0 aromatic carbocycles. The van der Waals surface area contributed by atoms with Crippen molar-refractivity contribution < 1.29 is 4.79 Å². The van der Waals surface area contributed by atoms with Crippen molar-refractivity contribution in [1.29, 1.82) is 0 Å². The molecule has 3 nitrogen and oxygen atoms in total. The second-order valence-corrected chi connectivity index (χ2v) is 6.45. The highest BCUT2D eigenvalue weighted by molar-refractivity contribution is 7.10. The topological polar surface area (TPSA) is 55.1 Å². The number of nitrogens with one attached hydrogen (secondary N) is 1. The van der Waals surface area contributed by atoms with Crippen LogP contribution in [-0.2, 0) is 4.79 Å². The molecule has 0 aliphatic rings. The van der Waals surface area contributed by atoms with E-state index < -0.39 is 5.54 Å². The van der Waals surface area contributed by atoms with Crippen LogP contribution in [0.15, 0.2) is 17.5 Å². The second-order valence-electron chi connectivity index (χ2n) is 5.47. The fourth-order valence-electron chi connectivity index (χ4n) is 1.67. The molecule has 1 unspecified atom stereocenters. The summed E-state index contributed by atoms with van der Waals surface area (Å²) in [6.07, 6.45) is 0.349. The molecule has 0 fully saturated rings. The summed E-state index contributed by atoms with van der Waals surface area (Å²) in [4.78, 5) is 13.1. The SMILES string of the molecule is CC(C)C(NC(=O)CC(C)(C)N)c1cccs1. The normalized spacial score (nSPS) is 13.8. The maximum absolute atomic E-state index is 11.9. The van der Waals surface area contributed by atoms with E-state index in [4.69, 9.17) is 5.73 Å². The van der Waals surface area contributed by atoms with E-state index in [1.54, 1.807) is 11.3 Å². The van der Waals surface area contributed by atoms with Crippen molar-refractivity contribution in [2.75, 3.05) is 0 Å². The number of amides is 1. The lowest BCUT2D eigenvalue weighted by atomic mass is 9.99. The van der Waals surface area contributed by atoms with E-state index in [0.717, 1.165) is 0 Å². The van der Waals surface area contributed by atoms with Crippen molar-refractivity contribution in [2.45, 2.75) is 45.7 Å². The lowest BCUT2D eigenvalue weighted by Gasteiger charge is -2.24. The van der Waals surface area contributed by atoms with Crippen LogP contribution < -0.4 is 11.1 Å². The lowest BCUT2D eigenvalue weighted by molar-refractivity contribution is -0.123. The van der Waals surface area contributed by atoms with E-state index in [1.165, 1.54) is 4.88 Å². The first-order valence-electron chi connectivity index (χ1n) is 5.91. The predicted molar refractivity (Wildman–Crippen MR) is 72.9 cm³/mol. The van der Waals surface area contributed by atoms with Crippen molar-refractivity contribution in [3.8, 4) is 0 Å². The van der Waals surface area contributed by atoms with E-state index in [9.17, 15) is 4.79 Å². The van der Waals surface area contributed by atoms with E-state index in [-0.39, 0.29) is 11.9 Å². The van der Waals surface area contributed by atoms with Crippen molar-refractivity contribution >= 4 is 17.2 Å². The lowest BCUT2D eigenvalue weighted by Crippen LogP contribution is -2.41. The molecule has 0 saturated heterocycles. The Hall–Kier alpha value is -0.870. The maximum Gasteiger partial charge on any atom is 0.222 e. The summed E-state index contributed by atoms with van der Waals surface area (Å²) < 4.78 is 0. The van der Waals surface area contributed by atoms with Crippen molar-refractivity contribution in [3.63, 3.8) is 0 Å². The number of nitrogens with two attached hydrogens (primary N) is 1. The molecule has 0 aliphatic carbocycles. The number of hydrogen-bond acceptors (Lipinski definition) is 3. The molecule has 0 saturated carbocycles. The third kappa shape index (κ3) is 4.88. The van der Waals surface area contributed by atoms with Crippen LogP contribution in [0.4, 0.5) is 0 Å². The van der Waals surface area contributed by atoms with Gasteiger partial charge < -0.3 is 11.1 Å². The third-order valence-corrected chi connectivity index (χ3v) is 3.40. The van der Waals surface area contributed by atoms with Gasteiger partial charge in [-0.2, -0.15) is 0 Å². The molecule has 1 amide bonds. The van der Waals surface area contributed by atoms with Crippen LogP contribution in [0.3, 0.4) is 0 Å². The zero-order valence-electron chi connectivity index (χ0n) is 11.0. The van der Waals surface area contributed by atoms with E-state index in [2.05, 4.69) is 25.2 Å². The van der Waals surface area contributed by atoms with Gasteiger partial charge in [0.15, 0.2) is 0 Å². The third-order valence-electron chi connectivity index (χ3n) is 2.45. The van der Waals surface area contributed by atoms with Crippen LogP contribution >= 0.6 is 11.3 Å². The van der Waals surface area contributed by atoms with Crippen LogP contribution in [0.25, 0.3) is 0 Å². The molecular formula is C13H22N2OS. The minimum Gasteiger partial charge on any atom is -0.348 e. The quantitative estimate of drug-likeness (QED) is 0.849. The van der Waals surface area contributed by atoms with Crippen molar-refractivity contribution in [2.24, 2.45) is 11.7 Å². The van der Waals surface area contributed by atoms with Crippen LogP contribution in [0.5, 0.6) is 0 Å². The number of thiophene rings is 1. The highest BCUT2D eigenvalue weighted by atomic mass is 32.1.